The molecule has 2 rings (SSSR count). The van der Waals surface area contributed by atoms with Gasteiger partial charge >= 0.3 is 11.9 Å². The van der Waals surface area contributed by atoms with E-state index in [4.69, 9.17) is 23.7 Å². The summed E-state index contributed by atoms with van der Waals surface area (Å²) >= 11 is 0. The first-order chi connectivity index (χ1) is 15.7. The van der Waals surface area contributed by atoms with Crippen LogP contribution in [0.15, 0.2) is 0 Å². The second-order valence-electron chi connectivity index (χ2n) is 11.6. The van der Waals surface area contributed by atoms with Gasteiger partial charge in [0.15, 0.2) is 11.2 Å². The van der Waals surface area contributed by atoms with Crippen molar-refractivity contribution in [2.75, 3.05) is 13.2 Å². The van der Waals surface area contributed by atoms with Gasteiger partial charge in [0.05, 0.1) is 30.5 Å². The first-order valence-corrected chi connectivity index (χ1v) is 12.8. The molecule has 4 unspecified atom stereocenters. The minimum atomic E-state index is -1.18. The van der Waals surface area contributed by atoms with Crippen molar-refractivity contribution in [2.24, 2.45) is 0 Å². The summed E-state index contributed by atoms with van der Waals surface area (Å²) in [6, 6.07) is 0. The van der Waals surface area contributed by atoms with Crippen LogP contribution in [0.25, 0.3) is 0 Å². The highest BCUT2D eigenvalue weighted by Gasteiger charge is 2.38. The van der Waals surface area contributed by atoms with E-state index in [0.717, 1.165) is 44.9 Å². The third-order valence-electron chi connectivity index (χ3n) is 6.23. The Morgan fingerprint density at radius 3 is 2.03 bits per heavy atom. The molecular formula is C26H46O8. The van der Waals surface area contributed by atoms with Crippen molar-refractivity contribution in [2.45, 2.75) is 141 Å². The molecule has 8 nitrogen and oxygen atoms in total. The van der Waals surface area contributed by atoms with Gasteiger partial charge in [-0.2, -0.15) is 0 Å². The zero-order valence-electron chi connectivity index (χ0n) is 22.2. The molecule has 0 spiro atoms. The quantitative estimate of drug-likeness (QED) is 0.364. The van der Waals surface area contributed by atoms with Crippen molar-refractivity contribution in [3.05, 3.63) is 0 Å². The molecule has 2 aliphatic rings. The van der Waals surface area contributed by atoms with Crippen LogP contribution >= 0.6 is 0 Å². The van der Waals surface area contributed by atoms with Gasteiger partial charge in [-0.3, -0.25) is 0 Å². The molecule has 1 N–H and O–H groups in total. The van der Waals surface area contributed by atoms with Gasteiger partial charge in [-0.25, -0.2) is 9.59 Å². The summed E-state index contributed by atoms with van der Waals surface area (Å²) in [4.78, 5) is 25.3. The molecular weight excluding hydrogens is 440 g/mol. The maximum absolute atomic E-state index is 12.8. The number of esters is 2. The Balaban J connectivity index is 1.77. The number of hydrogen-bond donors (Lipinski definition) is 1. The van der Waals surface area contributed by atoms with Crippen LogP contribution < -0.4 is 0 Å². The van der Waals surface area contributed by atoms with E-state index < -0.39 is 23.1 Å². The van der Waals surface area contributed by atoms with Gasteiger partial charge in [-0.15, -0.1) is 0 Å². The third-order valence-corrected chi connectivity index (χ3v) is 6.23. The lowest BCUT2D eigenvalue weighted by atomic mass is 9.93. The Morgan fingerprint density at radius 1 is 0.765 bits per heavy atom. The smallest absolute Gasteiger partial charge is 0.338 e. The van der Waals surface area contributed by atoms with E-state index in [9.17, 15) is 14.7 Å². The zero-order valence-corrected chi connectivity index (χ0v) is 22.2. The fourth-order valence-electron chi connectivity index (χ4n) is 4.42. The Kier molecular flexibility index (Phi) is 10.4. The Hall–Kier alpha value is -1.22. The van der Waals surface area contributed by atoms with Crippen molar-refractivity contribution >= 4 is 11.9 Å². The van der Waals surface area contributed by atoms with Crippen LogP contribution in [-0.2, 0) is 33.3 Å². The first kappa shape index (κ1) is 29.0. The molecule has 2 saturated carbocycles. The molecule has 4 atom stereocenters. The Morgan fingerprint density at radius 2 is 1.41 bits per heavy atom. The fourth-order valence-corrected chi connectivity index (χ4v) is 4.42. The molecule has 0 aromatic heterocycles. The minimum Gasteiger partial charge on any atom is -0.461 e. The maximum Gasteiger partial charge on any atom is 0.338 e. The second kappa shape index (κ2) is 12.2. The average molecular weight is 487 g/mol. The Bertz CT molecular complexity index is 666. The normalized spacial score (nSPS) is 26.7. The number of carbonyl (C=O) groups is 2. The van der Waals surface area contributed by atoms with Crippen LogP contribution in [-0.4, -0.2) is 71.5 Å². The fraction of sp³-hybridized carbons (Fsp3) is 0.923. The minimum absolute atomic E-state index is 0.00515. The molecule has 0 aromatic carbocycles. The van der Waals surface area contributed by atoms with Crippen LogP contribution in [0.2, 0.25) is 0 Å². The predicted molar refractivity (Wildman–Crippen MR) is 127 cm³/mol. The lowest BCUT2D eigenvalue weighted by Gasteiger charge is -2.37. The van der Waals surface area contributed by atoms with E-state index in [0.29, 0.717) is 6.42 Å². The number of aliphatic hydroxyl groups excluding tert-OH is 1. The van der Waals surface area contributed by atoms with Gasteiger partial charge in [-0.05, 0) is 93.4 Å². The van der Waals surface area contributed by atoms with Crippen LogP contribution in [0.3, 0.4) is 0 Å². The summed E-state index contributed by atoms with van der Waals surface area (Å²) in [5, 5.41) is 9.82. The van der Waals surface area contributed by atoms with Gasteiger partial charge in [0.1, 0.15) is 12.7 Å². The SMILES string of the molecule is CC(C)(C)OC1CCCCC1OC(=O)C(C)(C)OCCOC(=O)C(C)(C)OC1CCCC(O)C1. The molecule has 0 amide bonds. The molecule has 34 heavy (non-hydrogen) atoms. The van der Waals surface area contributed by atoms with E-state index in [2.05, 4.69) is 0 Å². The molecule has 0 radical (unpaired) electrons. The molecule has 2 fully saturated rings. The number of aliphatic hydroxyl groups is 1. The molecule has 8 heteroatoms. The number of hydrogen-bond acceptors (Lipinski definition) is 8. The van der Waals surface area contributed by atoms with Crippen LogP contribution in [0.4, 0.5) is 0 Å². The van der Waals surface area contributed by atoms with E-state index in [-0.39, 0.29) is 43.2 Å². The summed E-state index contributed by atoms with van der Waals surface area (Å²) in [5.74, 6) is -0.950. The second-order valence-corrected chi connectivity index (χ2v) is 11.6. The molecule has 0 heterocycles. The first-order valence-electron chi connectivity index (χ1n) is 12.8. The number of ether oxygens (including phenoxy) is 5. The van der Waals surface area contributed by atoms with Crippen LogP contribution in [0.1, 0.15) is 99.8 Å². The number of rotatable bonds is 10. The monoisotopic (exact) mass is 486 g/mol. The van der Waals surface area contributed by atoms with Gasteiger partial charge in [0.2, 0.25) is 0 Å². The Labute approximate surface area is 205 Å². The number of carbonyl (C=O) groups excluding carboxylic acids is 2. The highest BCUT2D eigenvalue weighted by molar-refractivity contribution is 5.79. The van der Waals surface area contributed by atoms with E-state index in [1.165, 1.54) is 0 Å². The van der Waals surface area contributed by atoms with Crippen molar-refractivity contribution < 1.29 is 38.4 Å². The standard InChI is InChI=1S/C26H46O8/c1-24(2,3)34-21-14-9-8-13-20(21)32-23(29)25(4,5)31-16-15-30-22(28)26(6,7)33-19-12-10-11-18(27)17-19/h18-21,27H,8-17H2,1-7H3. The average Bonchev–Trinajstić information content (AvgIpc) is 2.71. The third kappa shape index (κ3) is 9.44. The summed E-state index contributed by atoms with van der Waals surface area (Å²) in [6.45, 7) is 12.7. The van der Waals surface area contributed by atoms with Gasteiger partial charge in [-0.1, -0.05) is 6.42 Å². The topological polar surface area (TPSA) is 101 Å². The largest absolute Gasteiger partial charge is 0.461 e. The highest BCUT2D eigenvalue weighted by atomic mass is 16.6. The van der Waals surface area contributed by atoms with Gasteiger partial charge in [0, 0.05) is 0 Å². The molecule has 0 aromatic rings. The molecule has 2 aliphatic carbocycles. The van der Waals surface area contributed by atoms with Crippen molar-refractivity contribution in [1.82, 2.24) is 0 Å². The van der Waals surface area contributed by atoms with Crippen molar-refractivity contribution in [3.63, 3.8) is 0 Å². The van der Waals surface area contributed by atoms with Crippen LogP contribution in [0, 0.1) is 0 Å². The zero-order chi connectivity index (χ0) is 25.6. The highest BCUT2D eigenvalue weighted by Crippen LogP contribution is 2.29. The lowest BCUT2D eigenvalue weighted by molar-refractivity contribution is -0.194. The van der Waals surface area contributed by atoms with E-state index in [1.54, 1.807) is 27.7 Å². The van der Waals surface area contributed by atoms with Crippen molar-refractivity contribution in [1.29, 1.82) is 0 Å². The van der Waals surface area contributed by atoms with Crippen LogP contribution in [0.5, 0.6) is 0 Å². The summed E-state index contributed by atoms with van der Waals surface area (Å²) in [5.41, 5.74) is -2.61. The van der Waals surface area contributed by atoms with Crippen molar-refractivity contribution in [3.8, 4) is 0 Å². The summed E-state index contributed by atoms with van der Waals surface area (Å²) in [7, 11) is 0. The summed E-state index contributed by atoms with van der Waals surface area (Å²) < 4.78 is 28.9. The molecule has 0 bridgehead atoms. The molecule has 0 aliphatic heterocycles. The van der Waals surface area contributed by atoms with E-state index >= 15 is 0 Å². The maximum atomic E-state index is 12.8. The lowest BCUT2D eigenvalue weighted by Crippen LogP contribution is -2.46. The van der Waals surface area contributed by atoms with Gasteiger partial charge in [0.25, 0.3) is 0 Å². The summed E-state index contributed by atoms with van der Waals surface area (Å²) in [6.07, 6.45) is 5.71. The van der Waals surface area contributed by atoms with E-state index in [1.807, 2.05) is 20.8 Å². The van der Waals surface area contributed by atoms with Gasteiger partial charge < -0.3 is 28.8 Å². The predicted octanol–water partition coefficient (Wildman–Crippen LogP) is 4.09. The molecule has 0 saturated heterocycles. The molecule has 198 valence electrons.